The molecule has 1 heterocycles. The first-order chi connectivity index (χ1) is 17.1. The van der Waals surface area contributed by atoms with Gasteiger partial charge in [-0.15, -0.1) is 0 Å². The predicted molar refractivity (Wildman–Crippen MR) is 140 cm³/mol. The summed E-state index contributed by atoms with van der Waals surface area (Å²) < 4.78 is 37.1. The topological polar surface area (TPSA) is 150 Å². The number of amidine groups is 1. The number of benzene rings is 2. The number of halogens is 1. The predicted octanol–water partition coefficient (Wildman–Crippen LogP) is 3.40. The van der Waals surface area contributed by atoms with E-state index in [1.807, 2.05) is 4.90 Å². The number of hydrogen-bond donors (Lipinski definition) is 3. The van der Waals surface area contributed by atoms with E-state index in [1.165, 1.54) is 18.5 Å². The highest BCUT2D eigenvalue weighted by atomic mass is 35.5. The third-order valence-corrected chi connectivity index (χ3v) is 7.07. The third kappa shape index (κ3) is 7.22. The fraction of sp³-hybridized carbons (Fsp3) is 0.292. The molecule has 0 amide bonds. The summed E-state index contributed by atoms with van der Waals surface area (Å²) in [6.45, 7) is 2.27. The van der Waals surface area contributed by atoms with Crippen LogP contribution < -0.4 is 14.8 Å². The van der Waals surface area contributed by atoms with Crippen molar-refractivity contribution in [2.24, 2.45) is 5.73 Å². The molecule has 1 fully saturated rings. The Bertz CT molecular complexity index is 1260. The van der Waals surface area contributed by atoms with Gasteiger partial charge in [-0.25, -0.2) is 4.31 Å². The van der Waals surface area contributed by atoms with Crippen molar-refractivity contribution in [2.45, 2.75) is 25.9 Å². The minimum atomic E-state index is -4.46. The van der Waals surface area contributed by atoms with Crippen molar-refractivity contribution in [3.8, 4) is 5.75 Å². The SMILES string of the molecule is CC(=O)OS(=O)(=O)N(C/C=C/c1cccc(C(=N)N)c1)c1ccc(OC2CCN(C=N)CC2)c(Cl)c1. The first kappa shape index (κ1) is 27.0. The van der Waals surface area contributed by atoms with Gasteiger partial charge in [-0.2, -0.15) is 8.42 Å². The van der Waals surface area contributed by atoms with Crippen LogP contribution in [0, 0.1) is 10.8 Å². The quantitative estimate of drug-likeness (QED) is 0.313. The summed E-state index contributed by atoms with van der Waals surface area (Å²) in [5.41, 5.74) is 6.96. The second-order valence-electron chi connectivity index (χ2n) is 8.10. The number of carbonyl (C=O) groups is 1. The van der Waals surface area contributed by atoms with E-state index in [2.05, 4.69) is 4.18 Å². The molecule has 3 rings (SSSR count). The molecule has 0 aliphatic carbocycles. The van der Waals surface area contributed by atoms with E-state index in [4.69, 9.17) is 32.9 Å². The van der Waals surface area contributed by atoms with Crippen molar-refractivity contribution in [3.63, 3.8) is 0 Å². The van der Waals surface area contributed by atoms with Gasteiger partial charge >= 0.3 is 16.3 Å². The molecule has 0 aromatic heterocycles. The first-order valence-corrected chi connectivity index (χ1v) is 12.9. The largest absolute Gasteiger partial charge is 0.489 e. The zero-order valence-corrected chi connectivity index (χ0v) is 21.3. The summed E-state index contributed by atoms with van der Waals surface area (Å²) in [6, 6.07) is 11.4. The maximum absolute atomic E-state index is 12.8. The summed E-state index contributed by atoms with van der Waals surface area (Å²) in [6.07, 6.45) is 5.95. The van der Waals surface area contributed by atoms with E-state index < -0.39 is 16.3 Å². The van der Waals surface area contributed by atoms with Crippen molar-refractivity contribution < 1.29 is 22.1 Å². The van der Waals surface area contributed by atoms with Gasteiger partial charge < -0.3 is 19.6 Å². The van der Waals surface area contributed by atoms with E-state index in [0.717, 1.165) is 24.1 Å². The van der Waals surface area contributed by atoms with E-state index in [0.29, 0.717) is 30.0 Å². The molecule has 0 radical (unpaired) electrons. The summed E-state index contributed by atoms with van der Waals surface area (Å²) in [5.74, 6) is -0.642. The number of nitrogens with zero attached hydrogens (tertiary/aromatic N) is 2. The number of rotatable bonds is 10. The highest BCUT2D eigenvalue weighted by Gasteiger charge is 2.26. The molecule has 0 unspecified atom stereocenters. The van der Waals surface area contributed by atoms with Gasteiger partial charge in [0.15, 0.2) is 0 Å². The van der Waals surface area contributed by atoms with E-state index in [-0.39, 0.29) is 29.2 Å². The number of nitrogens with one attached hydrogen (secondary N) is 2. The van der Waals surface area contributed by atoms with Gasteiger partial charge in [-0.1, -0.05) is 42.0 Å². The Morgan fingerprint density at radius 1 is 1.25 bits per heavy atom. The van der Waals surface area contributed by atoms with E-state index in [1.54, 1.807) is 42.5 Å². The Morgan fingerprint density at radius 2 is 1.97 bits per heavy atom. The molecule has 2 aromatic rings. The van der Waals surface area contributed by atoms with Gasteiger partial charge in [0, 0.05) is 38.4 Å². The molecule has 0 atom stereocenters. The number of hydrogen-bond acceptors (Lipinski definition) is 7. The highest BCUT2D eigenvalue weighted by Crippen LogP contribution is 2.32. The Hall–Kier alpha value is -3.57. The molecule has 1 aliphatic heterocycles. The Balaban J connectivity index is 1.81. The van der Waals surface area contributed by atoms with E-state index in [9.17, 15) is 13.2 Å². The maximum atomic E-state index is 12.8. The number of anilines is 1. The van der Waals surface area contributed by atoms with Crippen LogP contribution in [0.25, 0.3) is 6.08 Å². The lowest BCUT2D eigenvalue weighted by molar-refractivity contribution is -0.131. The number of ether oxygens (including phenoxy) is 1. The van der Waals surface area contributed by atoms with Crippen molar-refractivity contribution in [1.29, 1.82) is 10.8 Å². The molecule has 2 aromatic carbocycles. The van der Waals surface area contributed by atoms with Crippen LogP contribution in [0.1, 0.15) is 30.9 Å². The zero-order valence-electron chi connectivity index (χ0n) is 19.7. The van der Waals surface area contributed by atoms with Crippen molar-refractivity contribution in [1.82, 2.24) is 4.90 Å². The molecule has 192 valence electrons. The molecular formula is C24H28ClN5O5S. The van der Waals surface area contributed by atoms with Crippen LogP contribution >= 0.6 is 11.6 Å². The van der Waals surface area contributed by atoms with Crippen LogP contribution in [0.5, 0.6) is 5.75 Å². The Morgan fingerprint density at radius 3 is 2.58 bits per heavy atom. The van der Waals surface area contributed by atoms with Crippen LogP contribution in [-0.2, 0) is 19.3 Å². The fourth-order valence-corrected chi connectivity index (χ4v) is 4.90. The van der Waals surface area contributed by atoms with Gasteiger partial charge in [0.2, 0.25) is 0 Å². The van der Waals surface area contributed by atoms with Crippen molar-refractivity contribution >= 4 is 51.8 Å². The van der Waals surface area contributed by atoms with Crippen LogP contribution in [-0.4, -0.2) is 57.2 Å². The van der Waals surface area contributed by atoms with Crippen molar-refractivity contribution in [2.75, 3.05) is 23.9 Å². The van der Waals surface area contributed by atoms with Gasteiger partial charge in [0.05, 0.1) is 23.6 Å². The van der Waals surface area contributed by atoms with Crippen LogP contribution in [0.2, 0.25) is 5.02 Å². The lowest BCUT2D eigenvalue weighted by Gasteiger charge is -2.30. The molecule has 12 heteroatoms. The highest BCUT2D eigenvalue weighted by molar-refractivity contribution is 7.88. The molecule has 10 nitrogen and oxygen atoms in total. The van der Waals surface area contributed by atoms with Gasteiger partial charge in [0.25, 0.3) is 0 Å². The number of nitrogens with two attached hydrogens (primary N) is 1. The van der Waals surface area contributed by atoms with E-state index >= 15 is 0 Å². The fourth-order valence-electron chi connectivity index (χ4n) is 3.66. The monoisotopic (exact) mass is 533 g/mol. The lowest BCUT2D eigenvalue weighted by atomic mass is 10.1. The molecule has 4 N–H and O–H groups in total. The van der Waals surface area contributed by atoms with Crippen LogP contribution in [0.15, 0.2) is 48.5 Å². The second-order valence-corrected chi connectivity index (χ2v) is 9.97. The minimum absolute atomic E-state index is 0.0702. The Kier molecular flexibility index (Phi) is 8.94. The summed E-state index contributed by atoms with van der Waals surface area (Å²) in [4.78, 5) is 13.3. The average Bonchev–Trinajstić information content (AvgIpc) is 2.83. The van der Waals surface area contributed by atoms with Crippen molar-refractivity contribution in [3.05, 3.63) is 64.7 Å². The summed E-state index contributed by atoms with van der Waals surface area (Å²) in [5, 5.41) is 15.1. The normalized spacial score (nSPS) is 14.4. The second kappa shape index (κ2) is 11.9. The number of carbonyl (C=O) groups excluding carboxylic acids is 1. The summed E-state index contributed by atoms with van der Waals surface area (Å²) >= 11 is 6.43. The molecule has 0 spiro atoms. The minimum Gasteiger partial charge on any atom is -0.489 e. The lowest BCUT2D eigenvalue weighted by Crippen LogP contribution is -2.37. The first-order valence-electron chi connectivity index (χ1n) is 11.1. The molecule has 36 heavy (non-hydrogen) atoms. The van der Waals surface area contributed by atoms with Gasteiger partial charge in [-0.05, 0) is 29.8 Å². The van der Waals surface area contributed by atoms with Crippen LogP contribution in [0.3, 0.4) is 0 Å². The maximum Gasteiger partial charge on any atom is 0.412 e. The van der Waals surface area contributed by atoms with Crippen LogP contribution in [0.4, 0.5) is 5.69 Å². The molecular weight excluding hydrogens is 506 g/mol. The standard InChI is InChI=1S/C24H28ClN5O5S/c1-17(31)35-36(32,33)30(11-3-5-18-4-2-6-19(14-18)24(27)28)20-7-8-23(22(25)15-20)34-21-9-12-29(16-26)13-10-21/h2-8,14-16,21,26H,9-13H2,1H3,(H3,27,28)/b5-3+,26-16?. The molecule has 0 bridgehead atoms. The Labute approximate surface area is 215 Å². The number of nitrogen functional groups attached to an aromatic ring is 1. The third-order valence-electron chi connectivity index (χ3n) is 5.43. The molecule has 1 aliphatic rings. The number of piperidine rings is 1. The average molecular weight is 534 g/mol. The smallest absolute Gasteiger partial charge is 0.412 e. The summed E-state index contributed by atoms with van der Waals surface area (Å²) in [7, 11) is -4.46. The molecule has 0 saturated carbocycles. The zero-order chi connectivity index (χ0) is 26.3. The number of likely N-dealkylation sites (tertiary alicyclic amines) is 1. The van der Waals surface area contributed by atoms with Gasteiger partial charge in [-0.3, -0.25) is 15.6 Å². The van der Waals surface area contributed by atoms with Gasteiger partial charge in [0.1, 0.15) is 17.7 Å². The molecule has 1 saturated heterocycles.